The highest BCUT2D eigenvalue weighted by molar-refractivity contribution is 5.69. The van der Waals surface area contributed by atoms with E-state index in [1.165, 1.54) is 0 Å². The number of carboxylic acid groups (broad SMARTS) is 1. The molecule has 1 rings (SSSR count). The van der Waals surface area contributed by atoms with Crippen molar-refractivity contribution in [2.24, 2.45) is 17.6 Å². The lowest BCUT2D eigenvalue weighted by Gasteiger charge is -2.28. The fourth-order valence-corrected chi connectivity index (χ4v) is 1.85. The highest BCUT2D eigenvalue weighted by Gasteiger charge is 2.24. The summed E-state index contributed by atoms with van der Waals surface area (Å²) < 4.78 is 5.23. The second-order valence-electron chi connectivity index (χ2n) is 4.09. The van der Waals surface area contributed by atoms with E-state index in [0.717, 1.165) is 26.1 Å². The van der Waals surface area contributed by atoms with Crippen LogP contribution in [0, 0.1) is 11.8 Å². The fourth-order valence-electron chi connectivity index (χ4n) is 1.85. The number of nitrogens with two attached hydrogens (primary N) is 1. The zero-order valence-corrected chi connectivity index (χ0v) is 8.61. The highest BCUT2D eigenvalue weighted by Crippen LogP contribution is 2.21. The Balaban J connectivity index is 2.32. The number of hydrogen-bond donors (Lipinski definition) is 2. The molecular weight excluding hydrogens is 182 g/mol. The molecule has 0 aromatic heterocycles. The zero-order chi connectivity index (χ0) is 10.6. The molecule has 1 fully saturated rings. The Hall–Kier alpha value is -0.610. The molecule has 0 saturated carbocycles. The SMILES string of the molecule is CC(CC(N)C1CCOCC1)C(=O)O. The molecule has 4 nitrogen and oxygen atoms in total. The number of carboxylic acids is 1. The molecule has 0 aromatic carbocycles. The van der Waals surface area contributed by atoms with Crippen molar-refractivity contribution in [1.82, 2.24) is 0 Å². The summed E-state index contributed by atoms with van der Waals surface area (Å²) in [7, 11) is 0. The predicted molar refractivity (Wildman–Crippen MR) is 52.9 cm³/mol. The van der Waals surface area contributed by atoms with Gasteiger partial charge < -0.3 is 15.6 Å². The zero-order valence-electron chi connectivity index (χ0n) is 8.61. The first-order valence-corrected chi connectivity index (χ1v) is 5.17. The maximum Gasteiger partial charge on any atom is 0.306 e. The van der Waals surface area contributed by atoms with Crippen molar-refractivity contribution in [3.8, 4) is 0 Å². The van der Waals surface area contributed by atoms with Crippen LogP contribution in [0.2, 0.25) is 0 Å². The Labute approximate surface area is 84.4 Å². The van der Waals surface area contributed by atoms with Crippen molar-refractivity contribution in [3.63, 3.8) is 0 Å². The molecule has 0 bridgehead atoms. The topological polar surface area (TPSA) is 72.5 Å². The minimum Gasteiger partial charge on any atom is -0.481 e. The first-order chi connectivity index (χ1) is 6.61. The molecule has 0 amide bonds. The normalized spacial score (nSPS) is 23.0. The first kappa shape index (κ1) is 11.5. The van der Waals surface area contributed by atoms with E-state index in [4.69, 9.17) is 15.6 Å². The lowest BCUT2D eigenvalue weighted by molar-refractivity contribution is -0.141. The molecule has 0 aliphatic carbocycles. The van der Waals surface area contributed by atoms with Crippen LogP contribution in [0.3, 0.4) is 0 Å². The van der Waals surface area contributed by atoms with Crippen LogP contribution in [0.5, 0.6) is 0 Å². The summed E-state index contributed by atoms with van der Waals surface area (Å²) >= 11 is 0. The van der Waals surface area contributed by atoms with E-state index in [1.54, 1.807) is 6.92 Å². The summed E-state index contributed by atoms with van der Waals surface area (Å²) in [5, 5.41) is 8.75. The molecule has 1 heterocycles. The van der Waals surface area contributed by atoms with Gasteiger partial charge in [0.1, 0.15) is 0 Å². The van der Waals surface area contributed by atoms with Gasteiger partial charge in [-0.05, 0) is 25.2 Å². The Bertz CT molecular complexity index is 190. The Morgan fingerprint density at radius 2 is 2.14 bits per heavy atom. The fraction of sp³-hybridized carbons (Fsp3) is 0.900. The molecule has 0 spiro atoms. The average Bonchev–Trinajstić information content (AvgIpc) is 2.19. The Kier molecular flexibility index (Phi) is 4.35. The number of ether oxygens (including phenoxy) is 1. The molecule has 4 heteroatoms. The summed E-state index contributed by atoms with van der Waals surface area (Å²) in [4.78, 5) is 10.6. The van der Waals surface area contributed by atoms with Crippen LogP contribution in [0.4, 0.5) is 0 Å². The lowest BCUT2D eigenvalue weighted by Crippen LogP contribution is -2.36. The minimum atomic E-state index is -0.757. The summed E-state index contributed by atoms with van der Waals surface area (Å²) in [6.45, 7) is 3.24. The first-order valence-electron chi connectivity index (χ1n) is 5.17. The van der Waals surface area contributed by atoms with Crippen molar-refractivity contribution in [2.45, 2.75) is 32.2 Å². The molecule has 1 aliphatic heterocycles. The lowest BCUT2D eigenvalue weighted by atomic mass is 9.87. The van der Waals surface area contributed by atoms with Gasteiger partial charge in [0, 0.05) is 19.3 Å². The highest BCUT2D eigenvalue weighted by atomic mass is 16.5. The number of rotatable bonds is 4. The van der Waals surface area contributed by atoms with Crippen molar-refractivity contribution in [1.29, 1.82) is 0 Å². The second kappa shape index (κ2) is 5.32. The van der Waals surface area contributed by atoms with Crippen molar-refractivity contribution in [2.75, 3.05) is 13.2 Å². The van der Waals surface area contributed by atoms with Gasteiger partial charge in [-0.25, -0.2) is 0 Å². The third-order valence-electron chi connectivity index (χ3n) is 2.92. The number of hydrogen-bond acceptors (Lipinski definition) is 3. The van der Waals surface area contributed by atoms with Crippen LogP contribution < -0.4 is 5.73 Å². The summed E-state index contributed by atoms with van der Waals surface area (Å²) in [5.41, 5.74) is 5.97. The largest absolute Gasteiger partial charge is 0.481 e. The summed E-state index contributed by atoms with van der Waals surface area (Å²) in [5.74, 6) is -0.661. The molecule has 82 valence electrons. The molecule has 14 heavy (non-hydrogen) atoms. The quantitative estimate of drug-likeness (QED) is 0.707. The van der Waals surface area contributed by atoms with Crippen LogP contribution >= 0.6 is 0 Å². The van der Waals surface area contributed by atoms with E-state index in [-0.39, 0.29) is 12.0 Å². The van der Waals surface area contributed by atoms with E-state index < -0.39 is 5.97 Å². The summed E-state index contributed by atoms with van der Waals surface area (Å²) in [6, 6.07) is 0.00463. The van der Waals surface area contributed by atoms with E-state index in [1.807, 2.05) is 0 Å². The van der Waals surface area contributed by atoms with Gasteiger partial charge in [0.15, 0.2) is 0 Å². The van der Waals surface area contributed by atoms with Gasteiger partial charge in [-0.15, -0.1) is 0 Å². The van der Waals surface area contributed by atoms with Crippen molar-refractivity contribution >= 4 is 5.97 Å². The second-order valence-corrected chi connectivity index (χ2v) is 4.09. The molecule has 3 N–H and O–H groups in total. The van der Waals surface area contributed by atoms with Gasteiger partial charge in [-0.1, -0.05) is 6.92 Å². The number of carbonyl (C=O) groups is 1. The van der Waals surface area contributed by atoms with Crippen LogP contribution in [0.15, 0.2) is 0 Å². The minimum absolute atomic E-state index is 0.00463. The predicted octanol–water partition coefficient (Wildman–Crippen LogP) is 0.851. The van der Waals surface area contributed by atoms with Crippen molar-refractivity contribution in [3.05, 3.63) is 0 Å². The van der Waals surface area contributed by atoms with E-state index in [2.05, 4.69) is 0 Å². The van der Waals surface area contributed by atoms with E-state index >= 15 is 0 Å². The molecule has 0 aromatic rings. The van der Waals surface area contributed by atoms with Crippen LogP contribution in [0.1, 0.15) is 26.2 Å². The standard InChI is InChI=1S/C10H19NO3/c1-7(10(12)13)6-9(11)8-2-4-14-5-3-8/h7-9H,2-6,11H2,1H3,(H,12,13). The Morgan fingerprint density at radius 1 is 1.57 bits per heavy atom. The van der Waals surface area contributed by atoms with Gasteiger partial charge in [-0.2, -0.15) is 0 Å². The van der Waals surface area contributed by atoms with Gasteiger partial charge in [0.25, 0.3) is 0 Å². The monoisotopic (exact) mass is 201 g/mol. The van der Waals surface area contributed by atoms with Gasteiger partial charge >= 0.3 is 5.97 Å². The third kappa shape index (κ3) is 3.27. The van der Waals surface area contributed by atoms with E-state index in [9.17, 15) is 4.79 Å². The van der Waals surface area contributed by atoms with E-state index in [0.29, 0.717) is 12.3 Å². The van der Waals surface area contributed by atoms with Crippen LogP contribution in [-0.2, 0) is 9.53 Å². The average molecular weight is 201 g/mol. The maximum atomic E-state index is 10.6. The van der Waals surface area contributed by atoms with Gasteiger partial charge in [0.2, 0.25) is 0 Å². The molecule has 2 atom stereocenters. The smallest absolute Gasteiger partial charge is 0.306 e. The van der Waals surface area contributed by atoms with Crippen molar-refractivity contribution < 1.29 is 14.6 Å². The molecule has 1 aliphatic rings. The molecular formula is C10H19NO3. The molecule has 0 radical (unpaired) electrons. The Morgan fingerprint density at radius 3 is 2.64 bits per heavy atom. The third-order valence-corrected chi connectivity index (χ3v) is 2.92. The van der Waals surface area contributed by atoms with Crippen LogP contribution in [-0.4, -0.2) is 30.3 Å². The van der Waals surface area contributed by atoms with Gasteiger partial charge in [0.05, 0.1) is 5.92 Å². The molecule has 1 saturated heterocycles. The van der Waals surface area contributed by atoms with Gasteiger partial charge in [-0.3, -0.25) is 4.79 Å². The van der Waals surface area contributed by atoms with Crippen LogP contribution in [0.25, 0.3) is 0 Å². The maximum absolute atomic E-state index is 10.6. The number of aliphatic carboxylic acids is 1. The summed E-state index contributed by atoms with van der Waals surface area (Å²) in [6.07, 6.45) is 2.50. The molecule has 2 unspecified atom stereocenters.